The summed E-state index contributed by atoms with van der Waals surface area (Å²) in [5.74, 6) is 0.117. The number of piperidine rings is 1. The lowest BCUT2D eigenvalue weighted by molar-refractivity contribution is 0.158. The zero-order valence-corrected chi connectivity index (χ0v) is 15.5. The third kappa shape index (κ3) is 4.42. The van der Waals surface area contributed by atoms with Crippen LogP contribution in [0, 0.1) is 17.6 Å². The number of nitrogens with zero attached hydrogens (tertiary/aromatic N) is 4. The van der Waals surface area contributed by atoms with Crippen LogP contribution in [0.25, 0.3) is 11.4 Å². The van der Waals surface area contributed by atoms with Gasteiger partial charge in [0.2, 0.25) is 11.7 Å². The van der Waals surface area contributed by atoms with Crippen molar-refractivity contribution in [3.63, 3.8) is 0 Å². The number of aryl methyl sites for hydroxylation is 1. The van der Waals surface area contributed by atoms with E-state index < -0.39 is 11.6 Å². The van der Waals surface area contributed by atoms with Crippen LogP contribution in [0.15, 0.2) is 47.2 Å². The molecule has 146 valence electrons. The molecule has 0 radical (unpaired) electrons. The van der Waals surface area contributed by atoms with Gasteiger partial charge < -0.3 is 4.52 Å². The largest absolute Gasteiger partial charge is 0.339 e. The van der Waals surface area contributed by atoms with E-state index in [2.05, 4.69) is 20.0 Å². The van der Waals surface area contributed by atoms with Gasteiger partial charge in [-0.25, -0.2) is 8.78 Å². The SMILES string of the molecule is Fc1cccc(CN2CCCC(CCc3nc(-c4cccnc4)no3)C2)c1F. The molecule has 1 aliphatic rings. The molecule has 5 nitrogen and oxygen atoms in total. The van der Waals surface area contributed by atoms with Gasteiger partial charge in [0, 0.05) is 43.0 Å². The van der Waals surface area contributed by atoms with Crippen molar-refractivity contribution in [1.82, 2.24) is 20.0 Å². The molecular weight excluding hydrogens is 362 g/mol. The van der Waals surface area contributed by atoms with Crippen molar-refractivity contribution >= 4 is 0 Å². The Labute approximate surface area is 162 Å². The molecule has 0 N–H and O–H groups in total. The summed E-state index contributed by atoms with van der Waals surface area (Å²) < 4.78 is 32.7. The van der Waals surface area contributed by atoms with Crippen molar-refractivity contribution in [1.29, 1.82) is 0 Å². The van der Waals surface area contributed by atoms with E-state index in [4.69, 9.17) is 4.52 Å². The van der Waals surface area contributed by atoms with Crippen LogP contribution in [0.2, 0.25) is 0 Å². The van der Waals surface area contributed by atoms with E-state index in [0.29, 0.717) is 36.2 Å². The first-order valence-corrected chi connectivity index (χ1v) is 9.57. The molecule has 1 unspecified atom stereocenters. The summed E-state index contributed by atoms with van der Waals surface area (Å²) in [6.45, 7) is 2.20. The highest BCUT2D eigenvalue weighted by atomic mass is 19.2. The molecule has 0 spiro atoms. The molecule has 0 aliphatic carbocycles. The first-order chi connectivity index (χ1) is 13.7. The maximum Gasteiger partial charge on any atom is 0.226 e. The van der Waals surface area contributed by atoms with Gasteiger partial charge in [-0.05, 0) is 49.9 Å². The Morgan fingerprint density at radius 3 is 2.96 bits per heavy atom. The maximum absolute atomic E-state index is 13.9. The van der Waals surface area contributed by atoms with Gasteiger partial charge in [-0.3, -0.25) is 9.88 Å². The fourth-order valence-corrected chi connectivity index (χ4v) is 3.74. The smallest absolute Gasteiger partial charge is 0.226 e. The standard InChI is InChI=1S/C21H22F2N4O/c22-18-7-1-5-17(20(18)23)14-27-11-3-4-15(13-27)8-9-19-25-21(26-28-19)16-6-2-10-24-12-16/h1-2,5-7,10,12,15H,3-4,8-9,11,13-14H2. The molecule has 3 aromatic rings. The highest BCUT2D eigenvalue weighted by Gasteiger charge is 2.22. The van der Waals surface area contributed by atoms with Crippen molar-refractivity contribution in [2.24, 2.45) is 5.92 Å². The predicted octanol–water partition coefficient (Wildman–Crippen LogP) is 4.25. The van der Waals surface area contributed by atoms with Gasteiger partial charge in [0.25, 0.3) is 0 Å². The molecule has 3 heterocycles. The minimum atomic E-state index is -0.785. The molecule has 0 saturated carbocycles. The van der Waals surface area contributed by atoms with Gasteiger partial charge in [-0.2, -0.15) is 4.98 Å². The maximum atomic E-state index is 13.9. The summed E-state index contributed by atoms with van der Waals surface area (Å²) in [5, 5.41) is 4.03. The Balaban J connectivity index is 1.32. The van der Waals surface area contributed by atoms with E-state index in [-0.39, 0.29) is 0 Å². The van der Waals surface area contributed by atoms with Crippen molar-refractivity contribution < 1.29 is 13.3 Å². The van der Waals surface area contributed by atoms with Gasteiger partial charge in [-0.15, -0.1) is 0 Å². The van der Waals surface area contributed by atoms with E-state index in [0.717, 1.165) is 44.0 Å². The fourth-order valence-electron chi connectivity index (χ4n) is 3.74. The van der Waals surface area contributed by atoms with Crippen LogP contribution >= 0.6 is 0 Å². The molecule has 1 saturated heterocycles. The molecule has 0 bridgehead atoms. The van der Waals surface area contributed by atoms with Gasteiger partial charge >= 0.3 is 0 Å². The summed E-state index contributed by atoms with van der Waals surface area (Å²) >= 11 is 0. The lowest BCUT2D eigenvalue weighted by Crippen LogP contribution is -2.35. The first kappa shape index (κ1) is 18.7. The number of likely N-dealkylation sites (tertiary alicyclic amines) is 1. The number of benzene rings is 1. The summed E-state index contributed by atoms with van der Waals surface area (Å²) in [6.07, 6.45) is 7.21. The molecule has 2 aromatic heterocycles. The number of rotatable bonds is 6. The Hall–Kier alpha value is -2.67. The van der Waals surface area contributed by atoms with Crippen LogP contribution < -0.4 is 0 Å². The van der Waals surface area contributed by atoms with E-state index in [9.17, 15) is 8.78 Å². The van der Waals surface area contributed by atoms with E-state index in [1.54, 1.807) is 24.5 Å². The molecule has 28 heavy (non-hydrogen) atoms. The van der Waals surface area contributed by atoms with E-state index >= 15 is 0 Å². The predicted molar refractivity (Wildman–Crippen MR) is 100 cm³/mol. The molecule has 0 amide bonds. The Morgan fingerprint density at radius 2 is 2.11 bits per heavy atom. The van der Waals surface area contributed by atoms with Crippen LogP contribution in [0.5, 0.6) is 0 Å². The van der Waals surface area contributed by atoms with Gasteiger partial charge in [0.1, 0.15) is 0 Å². The lowest BCUT2D eigenvalue weighted by Gasteiger charge is -2.32. The topological polar surface area (TPSA) is 55.1 Å². The van der Waals surface area contributed by atoms with Crippen LogP contribution in [-0.2, 0) is 13.0 Å². The molecule has 7 heteroatoms. The summed E-state index contributed by atoms with van der Waals surface area (Å²) in [4.78, 5) is 10.7. The summed E-state index contributed by atoms with van der Waals surface area (Å²) in [5.41, 5.74) is 1.25. The number of hydrogen-bond acceptors (Lipinski definition) is 5. The number of aromatic nitrogens is 3. The molecule has 4 rings (SSSR count). The normalized spacial score (nSPS) is 17.7. The quantitative estimate of drug-likeness (QED) is 0.636. The van der Waals surface area contributed by atoms with Crippen LogP contribution in [0.4, 0.5) is 8.78 Å². The van der Waals surface area contributed by atoms with Crippen LogP contribution in [0.3, 0.4) is 0 Å². The van der Waals surface area contributed by atoms with E-state index in [1.165, 1.54) is 0 Å². The number of pyridine rings is 1. The summed E-state index contributed by atoms with van der Waals surface area (Å²) in [7, 11) is 0. The number of halogens is 2. The first-order valence-electron chi connectivity index (χ1n) is 9.57. The second kappa shape index (κ2) is 8.56. The van der Waals surface area contributed by atoms with Crippen molar-refractivity contribution in [3.05, 3.63) is 65.8 Å². The van der Waals surface area contributed by atoms with Gasteiger partial charge in [-0.1, -0.05) is 17.3 Å². The molecule has 1 aromatic carbocycles. The Bertz CT molecular complexity index is 916. The average Bonchev–Trinajstić information content (AvgIpc) is 3.20. The van der Waals surface area contributed by atoms with Gasteiger partial charge in [0.05, 0.1) is 0 Å². The van der Waals surface area contributed by atoms with Crippen molar-refractivity contribution in [2.45, 2.75) is 32.2 Å². The Kier molecular flexibility index (Phi) is 5.71. The molecule has 1 atom stereocenters. The van der Waals surface area contributed by atoms with Gasteiger partial charge in [0.15, 0.2) is 11.6 Å². The second-order valence-corrected chi connectivity index (χ2v) is 7.25. The minimum absolute atomic E-state index is 0.415. The Morgan fingerprint density at radius 1 is 1.18 bits per heavy atom. The minimum Gasteiger partial charge on any atom is -0.339 e. The van der Waals surface area contributed by atoms with Crippen LogP contribution in [0.1, 0.15) is 30.7 Å². The molecule has 1 fully saturated rings. The average molecular weight is 384 g/mol. The number of hydrogen-bond donors (Lipinski definition) is 0. The summed E-state index contributed by atoms with van der Waals surface area (Å²) in [6, 6.07) is 8.10. The highest BCUT2D eigenvalue weighted by Crippen LogP contribution is 2.24. The third-order valence-electron chi connectivity index (χ3n) is 5.18. The zero-order chi connectivity index (χ0) is 19.3. The molecular formula is C21H22F2N4O. The monoisotopic (exact) mass is 384 g/mol. The lowest BCUT2D eigenvalue weighted by atomic mass is 9.93. The van der Waals surface area contributed by atoms with E-state index in [1.807, 2.05) is 12.1 Å². The highest BCUT2D eigenvalue weighted by molar-refractivity contribution is 5.51. The second-order valence-electron chi connectivity index (χ2n) is 7.25. The molecule has 1 aliphatic heterocycles. The van der Waals surface area contributed by atoms with Crippen molar-refractivity contribution in [2.75, 3.05) is 13.1 Å². The third-order valence-corrected chi connectivity index (χ3v) is 5.18. The fraction of sp³-hybridized carbons (Fsp3) is 0.381. The zero-order valence-electron chi connectivity index (χ0n) is 15.5. The van der Waals surface area contributed by atoms with Crippen molar-refractivity contribution in [3.8, 4) is 11.4 Å². The van der Waals surface area contributed by atoms with Crippen LogP contribution in [-0.4, -0.2) is 33.1 Å².